The zero-order valence-electron chi connectivity index (χ0n) is 12.5. The summed E-state index contributed by atoms with van der Waals surface area (Å²) in [5.41, 5.74) is 9.55. The third-order valence-corrected chi connectivity index (χ3v) is 4.18. The summed E-state index contributed by atoms with van der Waals surface area (Å²) in [4.78, 5) is 0. The van der Waals surface area contributed by atoms with Gasteiger partial charge >= 0.3 is 0 Å². The zero-order chi connectivity index (χ0) is 13.5. The van der Waals surface area contributed by atoms with Gasteiger partial charge in [0.15, 0.2) is 0 Å². The first-order valence-electron chi connectivity index (χ1n) is 7.37. The van der Waals surface area contributed by atoms with Gasteiger partial charge in [-0.25, -0.2) is 0 Å². The molecule has 2 atom stereocenters. The van der Waals surface area contributed by atoms with E-state index in [-0.39, 0.29) is 0 Å². The van der Waals surface area contributed by atoms with Crippen molar-refractivity contribution in [3.8, 4) is 0 Å². The monoisotopic (exact) mass is 247 g/mol. The van der Waals surface area contributed by atoms with Crippen molar-refractivity contribution in [1.29, 1.82) is 0 Å². The number of unbranched alkanes of at least 4 members (excludes halogenated alkanes) is 1. The molecule has 1 nitrogen and oxygen atoms in total. The van der Waals surface area contributed by atoms with Gasteiger partial charge in [-0.3, -0.25) is 0 Å². The van der Waals surface area contributed by atoms with Crippen molar-refractivity contribution >= 4 is 0 Å². The third-order valence-electron chi connectivity index (χ3n) is 4.18. The van der Waals surface area contributed by atoms with Crippen molar-refractivity contribution in [3.05, 3.63) is 35.1 Å². The summed E-state index contributed by atoms with van der Waals surface area (Å²) in [5, 5.41) is 0. The third kappa shape index (κ3) is 4.72. The Labute approximate surface area is 113 Å². The molecule has 0 amide bonds. The quantitative estimate of drug-likeness (QED) is 0.660. The molecule has 0 aromatic heterocycles. The van der Waals surface area contributed by atoms with Crippen LogP contribution >= 0.6 is 0 Å². The summed E-state index contributed by atoms with van der Waals surface area (Å²) >= 11 is 0. The Morgan fingerprint density at radius 1 is 1.22 bits per heavy atom. The molecule has 102 valence electrons. The predicted molar refractivity (Wildman–Crippen MR) is 81.2 cm³/mol. The first kappa shape index (κ1) is 15.1. The van der Waals surface area contributed by atoms with Gasteiger partial charge in [-0.1, -0.05) is 57.3 Å². The van der Waals surface area contributed by atoms with Crippen LogP contribution in [0.4, 0.5) is 0 Å². The van der Waals surface area contributed by atoms with Gasteiger partial charge in [-0.15, -0.1) is 0 Å². The zero-order valence-corrected chi connectivity index (χ0v) is 12.5. The number of hydrogen-bond donors (Lipinski definition) is 1. The van der Waals surface area contributed by atoms with Gasteiger partial charge < -0.3 is 5.73 Å². The molecule has 2 unspecified atom stereocenters. The van der Waals surface area contributed by atoms with Gasteiger partial charge in [-0.05, 0) is 43.8 Å². The molecule has 0 heterocycles. The normalized spacial score (nSPS) is 21.8. The van der Waals surface area contributed by atoms with Gasteiger partial charge in [0.25, 0.3) is 0 Å². The van der Waals surface area contributed by atoms with Crippen molar-refractivity contribution < 1.29 is 0 Å². The van der Waals surface area contributed by atoms with Crippen molar-refractivity contribution in [1.82, 2.24) is 0 Å². The van der Waals surface area contributed by atoms with Crippen LogP contribution in [-0.2, 0) is 0 Å². The van der Waals surface area contributed by atoms with Crippen molar-refractivity contribution in [2.24, 2.45) is 17.6 Å². The largest absolute Gasteiger partial charge is 0.399 e. The molecule has 1 aliphatic rings. The highest BCUT2D eigenvalue weighted by atomic mass is 14.6. The second kappa shape index (κ2) is 7.45. The molecule has 0 aromatic carbocycles. The SMILES string of the molecule is CCC(C)CCCCC1C=C(C)C(N)=CC=C1C. The topological polar surface area (TPSA) is 26.0 Å². The molecule has 1 aliphatic carbocycles. The Morgan fingerprint density at radius 2 is 1.94 bits per heavy atom. The minimum atomic E-state index is 0.583. The molecule has 0 spiro atoms. The van der Waals surface area contributed by atoms with Crippen molar-refractivity contribution in [2.75, 3.05) is 0 Å². The summed E-state index contributed by atoms with van der Waals surface area (Å²) in [6, 6.07) is 0. The maximum atomic E-state index is 5.96. The maximum absolute atomic E-state index is 5.96. The number of nitrogens with two attached hydrogens (primary N) is 1. The molecule has 0 saturated carbocycles. The van der Waals surface area contributed by atoms with E-state index in [1.165, 1.54) is 43.3 Å². The lowest BCUT2D eigenvalue weighted by Crippen LogP contribution is -2.02. The Kier molecular flexibility index (Phi) is 6.24. The number of hydrogen-bond acceptors (Lipinski definition) is 1. The van der Waals surface area contributed by atoms with E-state index >= 15 is 0 Å². The lowest BCUT2D eigenvalue weighted by molar-refractivity contribution is 0.467. The van der Waals surface area contributed by atoms with Crippen molar-refractivity contribution in [3.63, 3.8) is 0 Å². The molecular formula is C17H29N. The Balaban J connectivity index is 2.43. The summed E-state index contributed by atoms with van der Waals surface area (Å²) < 4.78 is 0. The molecule has 0 aliphatic heterocycles. The van der Waals surface area contributed by atoms with Crippen LogP contribution in [0.2, 0.25) is 0 Å². The minimum absolute atomic E-state index is 0.583. The van der Waals surface area contributed by atoms with Crippen LogP contribution in [0.15, 0.2) is 35.1 Å². The molecule has 0 fully saturated rings. The second-order valence-corrected chi connectivity index (χ2v) is 5.79. The first-order chi connectivity index (χ1) is 8.54. The van der Waals surface area contributed by atoms with Crippen molar-refractivity contribution in [2.45, 2.75) is 59.8 Å². The van der Waals surface area contributed by atoms with Crippen LogP contribution in [0.5, 0.6) is 0 Å². The molecular weight excluding hydrogens is 218 g/mol. The van der Waals surface area contributed by atoms with Gasteiger partial charge in [-0.2, -0.15) is 0 Å². The van der Waals surface area contributed by atoms with Gasteiger partial charge in [0.1, 0.15) is 0 Å². The van der Waals surface area contributed by atoms with Crippen LogP contribution < -0.4 is 5.73 Å². The second-order valence-electron chi connectivity index (χ2n) is 5.79. The lowest BCUT2D eigenvalue weighted by Gasteiger charge is -2.14. The molecule has 18 heavy (non-hydrogen) atoms. The van der Waals surface area contributed by atoms with E-state index in [2.05, 4.69) is 39.8 Å². The summed E-state index contributed by atoms with van der Waals surface area (Å²) in [7, 11) is 0. The fraction of sp³-hybridized carbons (Fsp3) is 0.647. The number of allylic oxidation sites excluding steroid dienone is 5. The fourth-order valence-corrected chi connectivity index (χ4v) is 2.38. The van der Waals surface area contributed by atoms with Crippen LogP contribution in [0.3, 0.4) is 0 Å². The van der Waals surface area contributed by atoms with Gasteiger partial charge in [0.05, 0.1) is 0 Å². The minimum Gasteiger partial charge on any atom is -0.399 e. The Morgan fingerprint density at radius 3 is 2.61 bits per heavy atom. The molecule has 2 N–H and O–H groups in total. The molecule has 1 rings (SSSR count). The van der Waals surface area contributed by atoms with Crippen LogP contribution in [0.1, 0.15) is 59.8 Å². The maximum Gasteiger partial charge on any atom is 0.0340 e. The van der Waals surface area contributed by atoms with Gasteiger partial charge in [0.2, 0.25) is 0 Å². The summed E-state index contributed by atoms with van der Waals surface area (Å²) in [6.07, 6.45) is 13.2. The van der Waals surface area contributed by atoms with E-state index in [4.69, 9.17) is 5.73 Å². The first-order valence-corrected chi connectivity index (χ1v) is 7.37. The van der Waals surface area contributed by atoms with Crippen LogP contribution in [-0.4, -0.2) is 0 Å². The van der Waals surface area contributed by atoms with Gasteiger partial charge in [0, 0.05) is 5.70 Å². The van der Waals surface area contributed by atoms with E-state index in [0.717, 1.165) is 11.6 Å². The predicted octanol–water partition coefficient (Wildman–Crippen LogP) is 4.96. The summed E-state index contributed by atoms with van der Waals surface area (Å²) in [5.74, 6) is 1.46. The Hall–Kier alpha value is -0.980. The average Bonchev–Trinajstić information content (AvgIpc) is 2.48. The highest BCUT2D eigenvalue weighted by Crippen LogP contribution is 2.26. The average molecular weight is 247 g/mol. The summed E-state index contributed by atoms with van der Waals surface area (Å²) in [6.45, 7) is 8.97. The fourth-order valence-electron chi connectivity index (χ4n) is 2.38. The molecule has 0 bridgehead atoms. The molecule has 1 heteroatoms. The lowest BCUT2D eigenvalue weighted by atomic mass is 9.91. The van der Waals surface area contributed by atoms with E-state index in [0.29, 0.717) is 5.92 Å². The smallest absolute Gasteiger partial charge is 0.0340 e. The standard InChI is InChI=1S/C17H29N/c1-5-13(2)8-6-7-9-16-12-15(4)17(18)11-10-14(16)3/h10-13,16H,5-9,18H2,1-4H3. The van der Waals surface area contributed by atoms with E-state index in [1.54, 1.807) is 0 Å². The van der Waals surface area contributed by atoms with E-state index in [9.17, 15) is 0 Å². The van der Waals surface area contributed by atoms with Crippen LogP contribution in [0, 0.1) is 11.8 Å². The molecule has 0 aromatic rings. The van der Waals surface area contributed by atoms with Crippen LogP contribution in [0.25, 0.3) is 0 Å². The highest BCUT2D eigenvalue weighted by Gasteiger charge is 2.11. The highest BCUT2D eigenvalue weighted by molar-refractivity contribution is 5.36. The number of rotatable bonds is 6. The molecule has 0 saturated heterocycles. The Bertz CT molecular complexity index is 347. The van der Waals surface area contributed by atoms with E-state index < -0.39 is 0 Å². The molecule has 0 radical (unpaired) electrons. The van der Waals surface area contributed by atoms with E-state index in [1.807, 2.05) is 6.08 Å².